The van der Waals surface area contributed by atoms with Crippen molar-refractivity contribution in [3.63, 3.8) is 0 Å². The molecule has 0 saturated carbocycles. The largest absolute Gasteiger partial charge is 0.467 e. The average Bonchev–Trinajstić information content (AvgIpc) is 2.67. The highest BCUT2D eigenvalue weighted by Crippen LogP contribution is 2.12. The van der Waals surface area contributed by atoms with E-state index in [4.69, 9.17) is 22.4 Å². The summed E-state index contributed by atoms with van der Waals surface area (Å²) in [5.74, 6) is 1.21. The minimum absolute atomic E-state index is 0.366. The van der Waals surface area contributed by atoms with Gasteiger partial charge in [-0.2, -0.15) is 0 Å². The van der Waals surface area contributed by atoms with Crippen LogP contribution in [0.5, 0.6) is 0 Å². The second kappa shape index (κ2) is 3.30. The SMILES string of the molecule is Cc1ccoc1Cn1c(N)n[nH]c1=S. The summed E-state index contributed by atoms with van der Waals surface area (Å²) in [4.78, 5) is 0. The number of nitrogens with two attached hydrogens (primary N) is 1. The molecule has 0 bridgehead atoms. The molecule has 0 radical (unpaired) electrons. The molecule has 74 valence electrons. The third kappa shape index (κ3) is 1.44. The molecular weight excluding hydrogens is 200 g/mol. The first kappa shape index (κ1) is 9.01. The van der Waals surface area contributed by atoms with Crippen LogP contribution in [-0.2, 0) is 6.54 Å². The van der Waals surface area contributed by atoms with Crippen molar-refractivity contribution in [1.29, 1.82) is 0 Å². The first-order valence-electron chi connectivity index (χ1n) is 4.12. The van der Waals surface area contributed by atoms with Crippen LogP contribution >= 0.6 is 12.2 Å². The van der Waals surface area contributed by atoms with Gasteiger partial charge in [-0.15, -0.1) is 5.10 Å². The minimum Gasteiger partial charge on any atom is -0.467 e. The number of hydrogen-bond acceptors (Lipinski definition) is 4. The second-order valence-corrected chi connectivity index (χ2v) is 3.39. The summed E-state index contributed by atoms with van der Waals surface area (Å²) >= 11 is 5.01. The second-order valence-electron chi connectivity index (χ2n) is 3.00. The van der Waals surface area contributed by atoms with Crippen molar-refractivity contribution >= 4 is 18.2 Å². The summed E-state index contributed by atoms with van der Waals surface area (Å²) in [6.45, 7) is 2.48. The highest BCUT2D eigenvalue weighted by molar-refractivity contribution is 7.71. The lowest BCUT2D eigenvalue weighted by molar-refractivity contribution is 0.490. The van der Waals surface area contributed by atoms with Crippen molar-refractivity contribution in [1.82, 2.24) is 14.8 Å². The Morgan fingerprint density at radius 2 is 2.50 bits per heavy atom. The number of nitrogen functional groups attached to an aromatic ring is 1. The molecule has 2 heterocycles. The van der Waals surface area contributed by atoms with Crippen molar-refractivity contribution in [3.8, 4) is 0 Å². The molecular formula is C8H10N4OS. The Morgan fingerprint density at radius 3 is 3.00 bits per heavy atom. The number of nitrogens with one attached hydrogen (secondary N) is 1. The Balaban J connectivity index is 2.36. The first-order valence-corrected chi connectivity index (χ1v) is 4.53. The van der Waals surface area contributed by atoms with Gasteiger partial charge in [-0.3, -0.25) is 4.57 Å². The number of aromatic amines is 1. The van der Waals surface area contributed by atoms with Gasteiger partial charge < -0.3 is 10.2 Å². The third-order valence-electron chi connectivity index (χ3n) is 2.06. The lowest BCUT2D eigenvalue weighted by Gasteiger charge is -2.01. The van der Waals surface area contributed by atoms with Gasteiger partial charge >= 0.3 is 0 Å². The van der Waals surface area contributed by atoms with Crippen LogP contribution in [0.2, 0.25) is 0 Å². The number of aryl methyl sites for hydroxylation is 1. The molecule has 0 aliphatic rings. The maximum absolute atomic E-state index is 5.62. The van der Waals surface area contributed by atoms with E-state index in [1.165, 1.54) is 0 Å². The normalized spacial score (nSPS) is 10.6. The number of anilines is 1. The van der Waals surface area contributed by atoms with Gasteiger partial charge in [-0.25, -0.2) is 5.10 Å². The van der Waals surface area contributed by atoms with E-state index >= 15 is 0 Å². The molecule has 3 N–H and O–H groups in total. The molecule has 0 atom stereocenters. The number of H-pyrrole nitrogens is 1. The van der Waals surface area contributed by atoms with E-state index in [2.05, 4.69) is 10.2 Å². The van der Waals surface area contributed by atoms with Crippen molar-refractivity contribution in [2.45, 2.75) is 13.5 Å². The Hall–Kier alpha value is -1.56. The minimum atomic E-state index is 0.366. The predicted molar refractivity (Wildman–Crippen MR) is 54.4 cm³/mol. The topological polar surface area (TPSA) is 72.8 Å². The molecule has 14 heavy (non-hydrogen) atoms. The molecule has 2 rings (SSSR count). The van der Waals surface area contributed by atoms with Gasteiger partial charge in [0, 0.05) is 0 Å². The van der Waals surface area contributed by atoms with E-state index in [0.29, 0.717) is 17.3 Å². The van der Waals surface area contributed by atoms with Gasteiger partial charge in [0.05, 0.1) is 12.8 Å². The van der Waals surface area contributed by atoms with Crippen molar-refractivity contribution < 1.29 is 4.42 Å². The fraction of sp³-hybridized carbons (Fsp3) is 0.250. The number of aromatic nitrogens is 3. The van der Waals surface area contributed by atoms with E-state index in [9.17, 15) is 0 Å². The summed E-state index contributed by atoms with van der Waals surface area (Å²) in [5, 5.41) is 6.43. The summed E-state index contributed by atoms with van der Waals surface area (Å²) in [6.07, 6.45) is 1.64. The van der Waals surface area contributed by atoms with Gasteiger partial charge in [-0.1, -0.05) is 0 Å². The Bertz CT molecular complexity index is 495. The summed E-state index contributed by atoms with van der Waals surface area (Å²) in [7, 11) is 0. The maximum atomic E-state index is 5.62. The molecule has 0 saturated heterocycles. The zero-order chi connectivity index (χ0) is 10.1. The lowest BCUT2D eigenvalue weighted by Crippen LogP contribution is -2.04. The molecule has 6 heteroatoms. The van der Waals surface area contributed by atoms with Crippen molar-refractivity contribution in [3.05, 3.63) is 28.4 Å². The zero-order valence-corrected chi connectivity index (χ0v) is 8.47. The fourth-order valence-corrected chi connectivity index (χ4v) is 1.40. The summed E-state index contributed by atoms with van der Waals surface area (Å²) < 4.78 is 7.46. The molecule has 0 unspecified atom stereocenters. The average molecular weight is 210 g/mol. The molecule has 0 amide bonds. The van der Waals surface area contributed by atoms with E-state index in [1.54, 1.807) is 10.8 Å². The molecule has 0 aliphatic heterocycles. The van der Waals surface area contributed by atoms with E-state index in [1.807, 2.05) is 13.0 Å². The molecule has 0 aliphatic carbocycles. The first-order chi connectivity index (χ1) is 6.68. The molecule has 2 aromatic heterocycles. The number of nitrogens with zero attached hydrogens (tertiary/aromatic N) is 2. The van der Waals surface area contributed by atoms with E-state index in [0.717, 1.165) is 11.3 Å². The van der Waals surface area contributed by atoms with E-state index < -0.39 is 0 Å². The maximum Gasteiger partial charge on any atom is 0.220 e. The van der Waals surface area contributed by atoms with Crippen LogP contribution in [-0.4, -0.2) is 14.8 Å². The summed E-state index contributed by atoms with van der Waals surface area (Å²) in [6, 6.07) is 1.90. The Kier molecular flexibility index (Phi) is 2.12. The quantitative estimate of drug-likeness (QED) is 0.736. The van der Waals surface area contributed by atoms with Crippen molar-refractivity contribution in [2.75, 3.05) is 5.73 Å². The van der Waals surface area contributed by atoms with Crippen LogP contribution in [0.25, 0.3) is 0 Å². The molecule has 0 aromatic carbocycles. The van der Waals surface area contributed by atoms with Gasteiger partial charge in [0.25, 0.3) is 0 Å². The standard InChI is InChI=1S/C8H10N4OS/c1-5-2-3-13-6(5)4-12-7(9)10-11-8(12)14/h2-3H,4H2,1H3,(H2,9,10)(H,11,14). The highest BCUT2D eigenvalue weighted by atomic mass is 32.1. The van der Waals surface area contributed by atoms with Gasteiger partial charge in [0.15, 0.2) is 4.77 Å². The van der Waals surface area contributed by atoms with Crippen LogP contribution in [0.15, 0.2) is 16.7 Å². The van der Waals surface area contributed by atoms with Gasteiger partial charge in [-0.05, 0) is 30.8 Å². The van der Waals surface area contributed by atoms with Gasteiger partial charge in [0.2, 0.25) is 5.95 Å². The van der Waals surface area contributed by atoms with Crippen LogP contribution in [0, 0.1) is 11.7 Å². The van der Waals surface area contributed by atoms with Crippen molar-refractivity contribution in [2.24, 2.45) is 0 Å². The monoisotopic (exact) mass is 210 g/mol. The van der Waals surface area contributed by atoms with Crippen LogP contribution in [0.4, 0.5) is 5.95 Å². The molecule has 5 nitrogen and oxygen atoms in total. The lowest BCUT2D eigenvalue weighted by atomic mass is 10.3. The van der Waals surface area contributed by atoms with Crippen LogP contribution in [0.3, 0.4) is 0 Å². The molecule has 0 fully saturated rings. The Morgan fingerprint density at radius 1 is 1.71 bits per heavy atom. The molecule has 0 spiro atoms. The van der Waals surface area contributed by atoms with Crippen LogP contribution in [0.1, 0.15) is 11.3 Å². The van der Waals surface area contributed by atoms with Gasteiger partial charge in [0.1, 0.15) is 5.76 Å². The predicted octanol–water partition coefficient (Wildman–Crippen LogP) is 1.47. The fourth-order valence-electron chi connectivity index (χ4n) is 1.19. The Labute approximate surface area is 85.5 Å². The van der Waals surface area contributed by atoms with E-state index in [-0.39, 0.29) is 0 Å². The smallest absolute Gasteiger partial charge is 0.220 e. The molecule has 2 aromatic rings. The van der Waals surface area contributed by atoms with Crippen LogP contribution < -0.4 is 5.73 Å². The summed E-state index contributed by atoms with van der Waals surface area (Å²) in [5.41, 5.74) is 6.70. The number of rotatable bonds is 2. The zero-order valence-electron chi connectivity index (χ0n) is 7.65. The third-order valence-corrected chi connectivity index (χ3v) is 2.37. The number of furan rings is 1. The number of hydrogen-bond donors (Lipinski definition) is 2. The highest BCUT2D eigenvalue weighted by Gasteiger charge is 2.07.